The highest BCUT2D eigenvalue weighted by Gasteiger charge is 2.74. The number of aliphatic hydroxyl groups is 1. The first-order valence-corrected chi connectivity index (χ1v) is 16.5. The maximum atomic E-state index is 14.6. The molecule has 0 heterocycles. The molecule has 2 N–H and O–H groups in total. The molecular formula is C30H46F6O3S2. The van der Waals surface area contributed by atoms with Crippen molar-refractivity contribution in [3.05, 3.63) is 28.8 Å². The first kappa shape index (κ1) is 36.4. The lowest BCUT2D eigenvalue weighted by Crippen LogP contribution is -2.50. The van der Waals surface area contributed by atoms with Crippen molar-refractivity contribution in [3.63, 3.8) is 0 Å². The maximum Gasteiger partial charge on any atom is 0.398 e. The van der Waals surface area contributed by atoms with E-state index in [9.17, 15) is 26.3 Å². The fraction of sp³-hybridized carbons (Fsp3) is 0.800. The summed E-state index contributed by atoms with van der Waals surface area (Å²) in [6.07, 6.45) is 15.1. The van der Waals surface area contributed by atoms with Gasteiger partial charge >= 0.3 is 16.4 Å². The summed E-state index contributed by atoms with van der Waals surface area (Å²) in [5.74, 6) is -5.18. The van der Waals surface area contributed by atoms with Crippen LogP contribution < -0.4 is 4.18 Å². The van der Waals surface area contributed by atoms with Crippen LogP contribution in [0.1, 0.15) is 145 Å². The Morgan fingerprint density at radius 3 is 1.37 bits per heavy atom. The van der Waals surface area contributed by atoms with Gasteiger partial charge in [-0.25, -0.2) is 0 Å². The third-order valence-corrected chi connectivity index (χ3v) is 9.61. The van der Waals surface area contributed by atoms with Crippen LogP contribution in [0.3, 0.4) is 0 Å². The summed E-state index contributed by atoms with van der Waals surface area (Å²) in [5.41, 5.74) is 2.69. The van der Waals surface area contributed by atoms with Gasteiger partial charge in [0.15, 0.2) is 0 Å². The summed E-state index contributed by atoms with van der Waals surface area (Å²) in [5, 5.41) is -3.63. The molecule has 3 saturated carbocycles. The molecule has 238 valence electrons. The lowest BCUT2D eigenvalue weighted by Gasteiger charge is -2.33. The van der Waals surface area contributed by atoms with Crippen molar-refractivity contribution < 1.29 is 40.2 Å². The molecule has 0 saturated heterocycles. The SMILES string of the molecule is CC.CO.OSC(F)(F)C(F)(F)C(F)(F)SOc1c(C2CCCCC2)cc(C2CCCCC2)cc1C1CCCCC1. The maximum absolute atomic E-state index is 14.6. The minimum Gasteiger partial charge on any atom is -0.419 e. The molecule has 0 radical (unpaired) electrons. The number of aliphatic hydroxyl groups excluding tert-OH is 1. The molecule has 11 heteroatoms. The average Bonchev–Trinajstić information content (AvgIpc) is 3.02. The van der Waals surface area contributed by atoms with Gasteiger partial charge in [0, 0.05) is 7.11 Å². The van der Waals surface area contributed by atoms with Crippen molar-refractivity contribution >= 4 is 24.1 Å². The van der Waals surface area contributed by atoms with Crippen LogP contribution in [0, 0.1) is 0 Å². The highest BCUT2D eigenvalue weighted by atomic mass is 32.2. The van der Waals surface area contributed by atoms with Crippen molar-refractivity contribution in [3.8, 4) is 5.75 Å². The van der Waals surface area contributed by atoms with E-state index in [1.54, 1.807) is 0 Å². The zero-order valence-corrected chi connectivity index (χ0v) is 26.0. The molecule has 0 amide bonds. The Kier molecular flexibility index (Phi) is 15.0. The van der Waals surface area contributed by atoms with Gasteiger partial charge in [0.05, 0.1) is 12.0 Å². The Bertz CT molecular complexity index is 861. The summed E-state index contributed by atoms with van der Waals surface area (Å²) >= 11 is -2.49. The molecule has 1 aromatic rings. The predicted molar refractivity (Wildman–Crippen MR) is 157 cm³/mol. The Hall–Kier alpha value is -0.780. The smallest absolute Gasteiger partial charge is 0.398 e. The molecule has 0 spiro atoms. The Morgan fingerprint density at radius 2 is 1.00 bits per heavy atom. The van der Waals surface area contributed by atoms with Crippen molar-refractivity contribution in [2.45, 2.75) is 144 Å². The molecule has 41 heavy (non-hydrogen) atoms. The monoisotopic (exact) mass is 632 g/mol. The Labute approximate surface area is 250 Å². The van der Waals surface area contributed by atoms with Gasteiger partial charge in [-0.3, -0.25) is 0 Å². The standard InChI is InChI=1S/C27H36F6O2S2.C2H6.CH4O/c28-25(29,26(30,31)36-34)27(32,33)37-35-24-22(19-12-6-2-7-13-19)16-21(18-10-4-1-5-11-18)17-23(24)20-14-8-3-9-15-20;2*1-2/h16-20,34H,1-15H2;1-2H3;2H,1H3. The van der Waals surface area contributed by atoms with Crippen molar-refractivity contribution in [1.82, 2.24) is 0 Å². The van der Waals surface area contributed by atoms with Gasteiger partial charge < -0.3 is 13.8 Å². The molecule has 4 rings (SSSR count). The lowest BCUT2D eigenvalue weighted by molar-refractivity contribution is -0.239. The topological polar surface area (TPSA) is 49.7 Å². The van der Waals surface area contributed by atoms with Gasteiger partial charge in [0.25, 0.3) is 0 Å². The molecule has 0 aromatic heterocycles. The number of hydrogen-bond donors (Lipinski definition) is 2. The number of halogens is 6. The number of alkyl halides is 6. The molecule has 0 atom stereocenters. The molecule has 0 aliphatic heterocycles. The molecule has 3 fully saturated rings. The van der Waals surface area contributed by atoms with Crippen molar-refractivity contribution in [2.75, 3.05) is 7.11 Å². The first-order chi connectivity index (χ1) is 19.6. The van der Waals surface area contributed by atoms with Crippen LogP contribution in [-0.2, 0) is 0 Å². The molecule has 0 unspecified atom stereocenters. The van der Waals surface area contributed by atoms with Crippen LogP contribution >= 0.6 is 24.1 Å². The van der Waals surface area contributed by atoms with E-state index in [-0.39, 0.29) is 17.6 Å². The Balaban J connectivity index is 0.00000141. The predicted octanol–water partition coefficient (Wildman–Crippen LogP) is 11.5. The second kappa shape index (κ2) is 16.9. The normalized spacial score (nSPS) is 20.0. The second-order valence-corrected chi connectivity index (χ2v) is 12.4. The van der Waals surface area contributed by atoms with Gasteiger partial charge in [0.1, 0.15) is 17.8 Å². The van der Waals surface area contributed by atoms with Gasteiger partial charge in [-0.05, 0) is 73.0 Å². The van der Waals surface area contributed by atoms with E-state index in [2.05, 4.69) is 0 Å². The van der Waals surface area contributed by atoms with E-state index in [0.29, 0.717) is 5.92 Å². The third kappa shape index (κ3) is 8.88. The summed E-state index contributed by atoms with van der Waals surface area (Å²) in [6.45, 7) is 4.00. The summed E-state index contributed by atoms with van der Waals surface area (Å²) in [7, 11) is 1.00. The van der Waals surface area contributed by atoms with E-state index in [0.717, 1.165) is 108 Å². The largest absolute Gasteiger partial charge is 0.419 e. The van der Waals surface area contributed by atoms with E-state index in [4.69, 9.17) is 13.8 Å². The number of benzene rings is 1. The zero-order chi connectivity index (χ0) is 30.7. The first-order valence-electron chi connectivity index (χ1n) is 15.0. The van der Waals surface area contributed by atoms with Gasteiger partial charge in [0.2, 0.25) is 0 Å². The molecule has 3 nitrogen and oxygen atoms in total. The number of hydrogen-bond acceptors (Lipinski definition) is 5. The molecule has 3 aliphatic carbocycles. The van der Waals surface area contributed by atoms with Crippen LogP contribution in [0.2, 0.25) is 0 Å². The van der Waals surface area contributed by atoms with Crippen molar-refractivity contribution in [1.29, 1.82) is 0 Å². The molecule has 1 aromatic carbocycles. The average molecular weight is 633 g/mol. The van der Waals surface area contributed by atoms with Crippen LogP contribution in [0.25, 0.3) is 0 Å². The van der Waals surface area contributed by atoms with Gasteiger partial charge in [-0.2, -0.15) is 26.3 Å². The summed E-state index contributed by atoms with van der Waals surface area (Å²) in [4.78, 5) is 0. The highest BCUT2D eigenvalue weighted by molar-refractivity contribution is 7.96. The van der Waals surface area contributed by atoms with Crippen LogP contribution in [-0.4, -0.2) is 33.2 Å². The minimum absolute atomic E-state index is 0.0544. The highest BCUT2D eigenvalue weighted by Crippen LogP contribution is 2.56. The number of rotatable bonds is 9. The third-order valence-electron chi connectivity index (χ3n) is 8.41. The van der Waals surface area contributed by atoms with Crippen LogP contribution in [0.15, 0.2) is 12.1 Å². The summed E-state index contributed by atoms with van der Waals surface area (Å²) < 4.78 is 98.5. The Morgan fingerprint density at radius 1 is 0.634 bits per heavy atom. The van der Waals surface area contributed by atoms with Gasteiger partial charge in [-0.1, -0.05) is 83.8 Å². The van der Waals surface area contributed by atoms with Gasteiger partial charge in [-0.15, -0.1) is 0 Å². The van der Waals surface area contributed by atoms with Crippen LogP contribution in [0.4, 0.5) is 26.3 Å². The van der Waals surface area contributed by atoms with Crippen molar-refractivity contribution in [2.24, 2.45) is 0 Å². The zero-order valence-electron chi connectivity index (χ0n) is 24.4. The lowest BCUT2D eigenvalue weighted by atomic mass is 9.75. The minimum atomic E-state index is -5.82. The van der Waals surface area contributed by atoms with E-state index in [1.807, 2.05) is 26.0 Å². The molecule has 0 bridgehead atoms. The van der Waals surface area contributed by atoms with Crippen LogP contribution in [0.5, 0.6) is 5.75 Å². The molecular weight excluding hydrogens is 586 g/mol. The van der Waals surface area contributed by atoms with E-state index >= 15 is 0 Å². The molecule has 3 aliphatic rings. The quantitative estimate of drug-likeness (QED) is 0.210. The van der Waals surface area contributed by atoms with E-state index in [1.165, 1.54) is 12.0 Å². The fourth-order valence-electron chi connectivity index (χ4n) is 6.27. The van der Waals surface area contributed by atoms with E-state index < -0.39 is 40.5 Å². The second-order valence-electron chi connectivity index (χ2n) is 10.9. The fourth-order valence-corrected chi connectivity index (χ4v) is 7.19. The summed E-state index contributed by atoms with van der Waals surface area (Å²) in [6, 6.07) is 4.06.